The standard InChI is InChI=1S/C18H12Cl2F3NO2.Na.H/c1-17(2,9-24)16(25)10-4-3-5-12(6-10)26-15-13(19)7-11(8-14(15)20)18(21,22)23;;/h3-8H,1-2H3;;. The van der Waals surface area contributed by atoms with Crippen LogP contribution in [0.1, 0.15) is 29.8 Å². The van der Waals surface area contributed by atoms with Crippen molar-refractivity contribution in [3.8, 4) is 17.6 Å². The van der Waals surface area contributed by atoms with E-state index in [0.717, 1.165) is 0 Å². The fourth-order valence-electron chi connectivity index (χ4n) is 2.05. The van der Waals surface area contributed by atoms with Gasteiger partial charge in [0.15, 0.2) is 11.5 Å². The number of nitriles is 1. The zero-order valence-electron chi connectivity index (χ0n) is 13.6. The zero-order chi connectivity index (χ0) is 19.7. The van der Waals surface area contributed by atoms with Gasteiger partial charge in [-0.25, -0.2) is 0 Å². The average molecular weight is 426 g/mol. The predicted molar refractivity (Wildman–Crippen MR) is 98.9 cm³/mol. The molecule has 27 heavy (non-hydrogen) atoms. The maximum atomic E-state index is 12.8. The van der Waals surface area contributed by atoms with Crippen LogP contribution < -0.4 is 4.74 Å². The van der Waals surface area contributed by atoms with Gasteiger partial charge in [-0.1, -0.05) is 35.3 Å². The van der Waals surface area contributed by atoms with Crippen LogP contribution in [-0.2, 0) is 6.18 Å². The van der Waals surface area contributed by atoms with Crippen molar-refractivity contribution in [3.63, 3.8) is 0 Å². The van der Waals surface area contributed by atoms with Gasteiger partial charge in [0, 0.05) is 5.56 Å². The summed E-state index contributed by atoms with van der Waals surface area (Å²) in [5.74, 6) is -0.436. The summed E-state index contributed by atoms with van der Waals surface area (Å²) in [5.41, 5.74) is -2.02. The molecule has 0 spiro atoms. The summed E-state index contributed by atoms with van der Waals surface area (Å²) >= 11 is 11.7. The molecular weight excluding hydrogens is 413 g/mol. The first-order valence-corrected chi connectivity index (χ1v) is 8.01. The number of alkyl halides is 3. The predicted octanol–water partition coefficient (Wildman–Crippen LogP) is 5.89. The molecule has 138 valence electrons. The van der Waals surface area contributed by atoms with Crippen LogP contribution in [-0.4, -0.2) is 35.3 Å². The Morgan fingerprint density at radius 2 is 1.67 bits per heavy atom. The fourth-order valence-corrected chi connectivity index (χ4v) is 2.62. The summed E-state index contributed by atoms with van der Waals surface area (Å²) in [6, 6.07) is 9.19. The van der Waals surface area contributed by atoms with Crippen molar-refractivity contribution >= 4 is 58.5 Å². The number of hydrogen-bond donors (Lipinski definition) is 0. The van der Waals surface area contributed by atoms with E-state index < -0.39 is 22.9 Å². The molecule has 0 saturated carbocycles. The third kappa shape index (κ3) is 5.63. The molecule has 0 bridgehead atoms. The van der Waals surface area contributed by atoms with Crippen LogP contribution in [0.15, 0.2) is 36.4 Å². The molecular formula is C18H13Cl2F3NNaO2. The number of ketones is 1. The molecule has 2 aromatic rings. The van der Waals surface area contributed by atoms with E-state index in [-0.39, 0.29) is 56.7 Å². The van der Waals surface area contributed by atoms with Gasteiger partial charge in [-0.2, -0.15) is 18.4 Å². The molecule has 0 amide bonds. The molecule has 0 heterocycles. The van der Waals surface area contributed by atoms with E-state index in [0.29, 0.717) is 12.1 Å². The van der Waals surface area contributed by atoms with Gasteiger partial charge in [-0.3, -0.25) is 4.79 Å². The normalized spacial score (nSPS) is 11.3. The Balaban J connectivity index is 0.00000364. The second kappa shape index (κ2) is 8.85. The van der Waals surface area contributed by atoms with E-state index in [1.165, 1.54) is 38.1 Å². The second-order valence-corrected chi connectivity index (χ2v) is 6.78. The van der Waals surface area contributed by atoms with Crippen molar-refractivity contribution in [3.05, 3.63) is 57.6 Å². The number of nitrogens with zero attached hydrogens (tertiary/aromatic N) is 1. The first-order valence-electron chi connectivity index (χ1n) is 7.26. The molecule has 0 fully saturated rings. The van der Waals surface area contributed by atoms with Crippen molar-refractivity contribution in [1.82, 2.24) is 0 Å². The van der Waals surface area contributed by atoms with E-state index in [9.17, 15) is 18.0 Å². The van der Waals surface area contributed by atoms with Crippen LogP contribution in [0, 0.1) is 16.7 Å². The zero-order valence-corrected chi connectivity index (χ0v) is 15.1. The van der Waals surface area contributed by atoms with Crippen molar-refractivity contribution in [2.24, 2.45) is 5.41 Å². The minimum atomic E-state index is -4.60. The molecule has 0 aliphatic rings. The van der Waals surface area contributed by atoms with E-state index in [2.05, 4.69) is 0 Å². The van der Waals surface area contributed by atoms with Gasteiger partial charge in [0.2, 0.25) is 0 Å². The Hall–Kier alpha value is -1.23. The van der Waals surface area contributed by atoms with Crippen molar-refractivity contribution in [2.45, 2.75) is 20.0 Å². The number of hydrogen-bond acceptors (Lipinski definition) is 3. The molecule has 0 saturated heterocycles. The molecule has 0 aliphatic heterocycles. The van der Waals surface area contributed by atoms with Crippen LogP contribution in [0.4, 0.5) is 13.2 Å². The number of carbonyl (C=O) groups excluding carboxylic acids is 1. The van der Waals surface area contributed by atoms with Crippen LogP contribution in [0.3, 0.4) is 0 Å². The third-order valence-electron chi connectivity index (χ3n) is 3.49. The average Bonchev–Trinajstić information content (AvgIpc) is 2.56. The number of rotatable bonds is 4. The summed E-state index contributed by atoms with van der Waals surface area (Å²) in [7, 11) is 0. The Labute approximate surface area is 186 Å². The molecule has 9 heteroatoms. The van der Waals surface area contributed by atoms with E-state index in [1.54, 1.807) is 0 Å². The van der Waals surface area contributed by atoms with Crippen LogP contribution in [0.5, 0.6) is 11.5 Å². The van der Waals surface area contributed by atoms with Crippen molar-refractivity contribution in [1.29, 1.82) is 5.26 Å². The van der Waals surface area contributed by atoms with Gasteiger partial charge in [0.05, 0.1) is 21.7 Å². The van der Waals surface area contributed by atoms with Gasteiger partial charge in [-0.15, -0.1) is 0 Å². The van der Waals surface area contributed by atoms with Gasteiger partial charge < -0.3 is 4.74 Å². The van der Waals surface area contributed by atoms with Crippen LogP contribution in [0.25, 0.3) is 0 Å². The number of benzene rings is 2. The fraction of sp³-hybridized carbons (Fsp3) is 0.222. The summed E-state index contributed by atoms with van der Waals surface area (Å²) in [4.78, 5) is 12.3. The molecule has 0 radical (unpaired) electrons. The van der Waals surface area contributed by atoms with Crippen molar-refractivity contribution in [2.75, 3.05) is 0 Å². The van der Waals surface area contributed by atoms with E-state index in [1.807, 2.05) is 6.07 Å². The quantitative estimate of drug-likeness (QED) is 0.453. The summed E-state index contributed by atoms with van der Waals surface area (Å²) < 4.78 is 43.8. The molecule has 0 N–H and O–H groups in total. The molecule has 0 aromatic heterocycles. The Morgan fingerprint density at radius 3 is 2.15 bits per heavy atom. The minimum absolute atomic E-state index is 0. The summed E-state index contributed by atoms with van der Waals surface area (Å²) in [6.45, 7) is 2.96. The van der Waals surface area contributed by atoms with Crippen molar-refractivity contribution < 1.29 is 22.7 Å². The number of ether oxygens (including phenoxy) is 1. The summed E-state index contributed by atoms with van der Waals surface area (Å²) in [6.07, 6.45) is -4.60. The Morgan fingerprint density at radius 1 is 1.11 bits per heavy atom. The van der Waals surface area contributed by atoms with Crippen LogP contribution >= 0.6 is 23.2 Å². The Bertz CT molecular complexity index is 885. The number of halogens is 5. The topological polar surface area (TPSA) is 50.1 Å². The van der Waals surface area contributed by atoms with Crippen LogP contribution in [0.2, 0.25) is 10.0 Å². The molecule has 0 unspecified atom stereocenters. The van der Waals surface area contributed by atoms with E-state index in [4.69, 9.17) is 33.2 Å². The van der Waals surface area contributed by atoms with E-state index >= 15 is 0 Å². The van der Waals surface area contributed by atoms with Gasteiger partial charge in [0.25, 0.3) is 0 Å². The SMILES string of the molecule is CC(C)(C#N)C(=O)c1cccc(Oc2c(Cl)cc(C(F)(F)F)cc2Cl)c1.[NaH]. The first kappa shape index (κ1) is 23.8. The molecule has 0 atom stereocenters. The first-order chi connectivity index (χ1) is 12.0. The molecule has 0 aliphatic carbocycles. The molecule has 3 nitrogen and oxygen atoms in total. The summed E-state index contributed by atoms with van der Waals surface area (Å²) in [5, 5.41) is 8.42. The Kier molecular flexibility index (Phi) is 7.80. The molecule has 2 rings (SSSR count). The third-order valence-corrected chi connectivity index (χ3v) is 4.05. The van der Waals surface area contributed by atoms with Gasteiger partial charge >= 0.3 is 35.7 Å². The monoisotopic (exact) mass is 425 g/mol. The maximum absolute atomic E-state index is 12.8. The molecule has 2 aromatic carbocycles. The van der Waals surface area contributed by atoms with Gasteiger partial charge in [-0.05, 0) is 38.1 Å². The number of Topliss-reactive ketones (excluding diaryl/α,β-unsaturated/α-hetero) is 1. The van der Waals surface area contributed by atoms with Gasteiger partial charge in [0.1, 0.15) is 11.2 Å². The second-order valence-electron chi connectivity index (χ2n) is 5.96. The number of carbonyl (C=O) groups is 1.